The number of hydrogen-bond acceptors (Lipinski definition) is 3. The molecule has 0 amide bonds. The van der Waals surface area contributed by atoms with Crippen molar-refractivity contribution in [3.05, 3.63) is 54.1 Å². The van der Waals surface area contributed by atoms with Crippen LogP contribution < -0.4 is 9.46 Å². The summed E-state index contributed by atoms with van der Waals surface area (Å²) < 4.78 is 32.6. The molecule has 2 aromatic rings. The lowest BCUT2D eigenvalue weighted by atomic mass is 10.2. The van der Waals surface area contributed by atoms with E-state index < -0.39 is 10.0 Å². The smallest absolute Gasteiger partial charge is 0.240 e. The maximum atomic E-state index is 12.2. The van der Waals surface area contributed by atoms with Crippen LogP contribution in [-0.2, 0) is 10.0 Å². The van der Waals surface area contributed by atoms with Crippen LogP contribution in [0.5, 0.6) is 11.5 Å². The fraction of sp³-hybridized carbons (Fsp3) is 0.294. The van der Waals surface area contributed by atoms with Crippen molar-refractivity contribution in [1.82, 2.24) is 4.72 Å². The second-order valence-corrected chi connectivity index (χ2v) is 7.03. The molecule has 118 valence electrons. The van der Waals surface area contributed by atoms with E-state index in [1.54, 1.807) is 24.3 Å². The van der Waals surface area contributed by atoms with E-state index in [1.807, 2.05) is 45.0 Å². The average molecular weight is 319 g/mol. The summed E-state index contributed by atoms with van der Waals surface area (Å²) in [5.74, 6) is 1.32. The van der Waals surface area contributed by atoms with Gasteiger partial charge in [0.05, 0.1) is 4.90 Å². The average Bonchev–Trinajstić information content (AvgIpc) is 2.49. The Morgan fingerprint density at radius 2 is 1.50 bits per heavy atom. The summed E-state index contributed by atoms with van der Waals surface area (Å²) in [6.07, 6.45) is 0.744. The summed E-state index contributed by atoms with van der Waals surface area (Å²) in [5, 5.41) is 0. The number of hydrogen-bond donors (Lipinski definition) is 1. The van der Waals surface area contributed by atoms with Crippen molar-refractivity contribution in [2.75, 3.05) is 0 Å². The number of benzene rings is 2. The molecule has 0 bridgehead atoms. The van der Waals surface area contributed by atoms with Crippen LogP contribution in [0.3, 0.4) is 0 Å². The van der Waals surface area contributed by atoms with E-state index >= 15 is 0 Å². The molecule has 4 nitrogen and oxygen atoms in total. The van der Waals surface area contributed by atoms with Crippen LogP contribution in [0.4, 0.5) is 0 Å². The molecule has 0 saturated carbocycles. The normalized spacial score (nSPS) is 12.9. The van der Waals surface area contributed by atoms with E-state index in [0.717, 1.165) is 17.7 Å². The van der Waals surface area contributed by atoms with Gasteiger partial charge in [-0.3, -0.25) is 0 Å². The van der Waals surface area contributed by atoms with E-state index in [4.69, 9.17) is 4.74 Å². The lowest BCUT2D eigenvalue weighted by Gasteiger charge is -2.12. The molecule has 5 heteroatoms. The number of aryl methyl sites for hydroxylation is 1. The quantitative estimate of drug-likeness (QED) is 0.879. The highest BCUT2D eigenvalue weighted by molar-refractivity contribution is 7.89. The first-order chi connectivity index (χ1) is 10.4. The molecular weight excluding hydrogens is 298 g/mol. The molecule has 2 aromatic carbocycles. The third-order valence-corrected chi connectivity index (χ3v) is 4.96. The second kappa shape index (κ2) is 6.94. The van der Waals surface area contributed by atoms with Gasteiger partial charge in [-0.05, 0) is 56.7 Å². The first kappa shape index (κ1) is 16.5. The molecule has 0 fully saturated rings. The minimum atomic E-state index is -3.47. The first-order valence-corrected chi connectivity index (χ1v) is 8.76. The Labute approximate surface area is 132 Å². The number of rotatable bonds is 6. The van der Waals surface area contributed by atoms with Gasteiger partial charge in [-0.2, -0.15) is 0 Å². The fourth-order valence-corrected chi connectivity index (χ4v) is 3.17. The maximum Gasteiger partial charge on any atom is 0.240 e. The SMILES string of the molecule is CCC(C)NS(=O)(=O)c1ccc(Oc2ccc(C)cc2)cc1. The van der Waals surface area contributed by atoms with Gasteiger partial charge in [-0.25, -0.2) is 13.1 Å². The molecular formula is C17H21NO3S. The second-order valence-electron chi connectivity index (χ2n) is 5.32. The number of ether oxygens (including phenoxy) is 1. The third-order valence-electron chi connectivity index (χ3n) is 3.36. The Hall–Kier alpha value is -1.85. The van der Waals surface area contributed by atoms with Crippen molar-refractivity contribution in [3.8, 4) is 11.5 Å². The standard InChI is InChI=1S/C17H21NO3S/c1-4-14(3)18-22(19,20)17-11-9-16(10-12-17)21-15-7-5-13(2)6-8-15/h5-12,14,18H,4H2,1-3H3. The summed E-state index contributed by atoms with van der Waals surface area (Å²) >= 11 is 0. The molecule has 2 rings (SSSR count). The molecule has 0 aliphatic rings. The highest BCUT2D eigenvalue weighted by Gasteiger charge is 2.16. The third kappa shape index (κ3) is 4.32. The van der Waals surface area contributed by atoms with Gasteiger partial charge in [0.1, 0.15) is 11.5 Å². The van der Waals surface area contributed by atoms with Crippen LogP contribution in [0.1, 0.15) is 25.8 Å². The molecule has 0 aliphatic heterocycles. The first-order valence-electron chi connectivity index (χ1n) is 7.27. The zero-order chi connectivity index (χ0) is 16.2. The molecule has 0 radical (unpaired) electrons. The summed E-state index contributed by atoms with van der Waals surface area (Å²) in [7, 11) is -3.47. The van der Waals surface area contributed by atoms with Crippen molar-refractivity contribution in [3.63, 3.8) is 0 Å². The van der Waals surface area contributed by atoms with Gasteiger partial charge >= 0.3 is 0 Å². The number of sulfonamides is 1. The van der Waals surface area contributed by atoms with Crippen molar-refractivity contribution in [2.45, 2.75) is 38.1 Å². The molecule has 22 heavy (non-hydrogen) atoms. The minimum Gasteiger partial charge on any atom is -0.457 e. The predicted octanol–water partition coefficient (Wildman–Crippen LogP) is 3.86. The van der Waals surface area contributed by atoms with Crippen molar-refractivity contribution >= 4 is 10.0 Å². The summed E-state index contributed by atoms with van der Waals surface area (Å²) in [6.45, 7) is 5.78. The monoisotopic (exact) mass is 319 g/mol. The molecule has 0 aromatic heterocycles. The zero-order valence-electron chi connectivity index (χ0n) is 13.0. The maximum absolute atomic E-state index is 12.2. The van der Waals surface area contributed by atoms with E-state index in [0.29, 0.717) is 5.75 Å². The summed E-state index contributed by atoms with van der Waals surface area (Å²) in [5.41, 5.74) is 1.16. The highest BCUT2D eigenvalue weighted by atomic mass is 32.2. The molecule has 0 spiro atoms. The molecule has 1 unspecified atom stereocenters. The van der Waals surface area contributed by atoms with Crippen molar-refractivity contribution in [1.29, 1.82) is 0 Å². The van der Waals surface area contributed by atoms with Gasteiger partial charge in [-0.1, -0.05) is 24.6 Å². The summed E-state index contributed by atoms with van der Waals surface area (Å²) in [6, 6.07) is 14.0. The molecule has 0 saturated heterocycles. The highest BCUT2D eigenvalue weighted by Crippen LogP contribution is 2.23. The molecule has 0 aliphatic carbocycles. The Kier molecular flexibility index (Phi) is 5.21. The topological polar surface area (TPSA) is 55.4 Å². The lowest BCUT2D eigenvalue weighted by Crippen LogP contribution is -2.31. The lowest BCUT2D eigenvalue weighted by molar-refractivity contribution is 0.482. The predicted molar refractivity (Wildman–Crippen MR) is 87.8 cm³/mol. The fourth-order valence-electron chi connectivity index (χ4n) is 1.85. The molecule has 0 heterocycles. The van der Waals surface area contributed by atoms with E-state index in [9.17, 15) is 8.42 Å². The van der Waals surface area contributed by atoms with Gasteiger partial charge in [0.15, 0.2) is 0 Å². The van der Waals surface area contributed by atoms with Crippen LogP contribution in [-0.4, -0.2) is 14.5 Å². The van der Waals surface area contributed by atoms with E-state index in [2.05, 4.69) is 4.72 Å². The Bertz CT molecular complexity index is 707. The largest absolute Gasteiger partial charge is 0.457 e. The van der Waals surface area contributed by atoms with E-state index in [1.165, 1.54) is 0 Å². The zero-order valence-corrected chi connectivity index (χ0v) is 13.9. The molecule has 1 atom stereocenters. The Balaban J connectivity index is 2.11. The van der Waals surface area contributed by atoms with Crippen LogP contribution in [0, 0.1) is 6.92 Å². The van der Waals surface area contributed by atoms with E-state index in [-0.39, 0.29) is 10.9 Å². The van der Waals surface area contributed by atoms with Gasteiger partial charge in [0.25, 0.3) is 0 Å². The summed E-state index contributed by atoms with van der Waals surface area (Å²) in [4.78, 5) is 0.240. The Morgan fingerprint density at radius 1 is 1.00 bits per heavy atom. The van der Waals surface area contributed by atoms with Gasteiger partial charge in [-0.15, -0.1) is 0 Å². The van der Waals surface area contributed by atoms with Gasteiger partial charge in [0, 0.05) is 6.04 Å². The Morgan fingerprint density at radius 3 is 2.00 bits per heavy atom. The van der Waals surface area contributed by atoms with Crippen molar-refractivity contribution < 1.29 is 13.2 Å². The van der Waals surface area contributed by atoms with Crippen molar-refractivity contribution in [2.24, 2.45) is 0 Å². The van der Waals surface area contributed by atoms with Gasteiger partial charge < -0.3 is 4.74 Å². The van der Waals surface area contributed by atoms with Crippen LogP contribution in [0.25, 0.3) is 0 Å². The molecule has 1 N–H and O–H groups in total. The minimum absolute atomic E-state index is 0.0894. The van der Waals surface area contributed by atoms with Crippen LogP contribution in [0.2, 0.25) is 0 Å². The van der Waals surface area contributed by atoms with Crippen LogP contribution >= 0.6 is 0 Å². The van der Waals surface area contributed by atoms with Gasteiger partial charge in [0.2, 0.25) is 10.0 Å². The number of nitrogens with one attached hydrogen (secondary N) is 1. The van der Waals surface area contributed by atoms with Crippen LogP contribution in [0.15, 0.2) is 53.4 Å².